The van der Waals surface area contributed by atoms with Crippen molar-refractivity contribution >= 4 is 11.0 Å². The summed E-state index contributed by atoms with van der Waals surface area (Å²) in [4.78, 5) is 26.8. The van der Waals surface area contributed by atoms with Gasteiger partial charge < -0.3 is 9.88 Å². The Morgan fingerprint density at radius 2 is 1.74 bits per heavy atom. The van der Waals surface area contributed by atoms with E-state index >= 15 is 0 Å². The third kappa shape index (κ3) is 4.56. The normalized spacial score (nSPS) is 15.0. The summed E-state index contributed by atoms with van der Waals surface area (Å²) in [5.41, 5.74) is 6.89. The number of H-pyrrole nitrogens is 1. The van der Waals surface area contributed by atoms with Gasteiger partial charge in [-0.25, -0.2) is 9.97 Å². The average molecular weight is 462 g/mol. The number of rotatable bonds is 5. The van der Waals surface area contributed by atoms with Crippen LogP contribution in [0.25, 0.3) is 44.9 Å². The Morgan fingerprint density at radius 1 is 0.857 bits per heavy atom. The number of benzene rings is 1. The van der Waals surface area contributed by atoms with Gasteiger partial charge in [-0.15, -0.1) is 0 Å². The van der Waals surface area contributed by atoms with Crippen molar-refractivity contribution in [3.63, 3.8) is 0 Å². The van der Waals surface area contributed by atoms with Gasteiger partial charge in [0.15, 0.2) is 5.82 Å². The second-order valence-electron chi connectivity index (χ2n) is 9.09. The van der Waals surface area contributed by atoms with Crippen molar-refractivity contribution in [1.82, 2.24) is 34.7 Å². The standard InChI is InChI=1S/C28H27N7/c1-34-11-13-35(14-12-34)19-20-5-4-6-21(15-20)22-16-23(18-29-17-22)26-24-8-10-31-27(24)33-28(32-26)25-7-2-3-9-30-25/h2-10,15-18H,11-14,19H2,1H3,(H,31,32,33). The molecule has 174 valence electrons. The number of pyridine rings is 2. The SMILES string of the molecule is CN1CCN(Cc2cccc(-c3cncc(-c4nc(-c5ccccn5)nc5[nH]ccc45)c3)c2)CC1. The summed E-state index contributed by atoms with van der Waals surface area (Å²) < 4.78 is 0. The van der Waals surface area contributed by atoms with E-state index < -0.39 is 0 Å². The zero-order valence-electron chi connectivity index (χ0n) is 19.7. The molecule has 0 unspecified atom stereocenters. The van der Waals surface area contributed by atoms with Gasteiger partial charge in [0, 0.05) is 74.0 Å². The maximum atomic E-state index is 4.91. The molecular formula is C28H27N7. The number of fused-ring (bicyclic) bond motifs is 1. The first-order valence-electron chi connectivity index (χ1n) is 11.9. The van der Waals surface area contributed by atoms with E-state index in [0.717, 1.165) is 71.8 Å². The zero-order chi connectivity index (χ0) is 23.6. The summed E-state index contributed by atoms with van der Waals surface area (Å²) in [6.07, 6.45) is 7.45. The molecule has 0 spiro atoms. The summed E-state index contributed by atoms with van der Waals surface area (Å²) >= 11 is 0. The molecule has 1 aliphatic heterocycles. The van der Waals surface area contributed by atoms with Crippen LogP contribution in [0.5, 0.6) is 0 Å². The Bertz CT molecular complexity index is 1450. The molecule has 4 aromatic heterocycles. The van der Waals surface area contributed by atoms with Crippen LogP contribution in [0.3, 0.4) is 0 Å². The smallest absolute Gasteiger partial charge is 0.180 e. The number of piperazine rings is 1. The van der Waals surface area contributed by atoms with Gasteiger partial charge in [-0.3, -0.25) is 14.9 Å². The number of aromatic amines is 1. The molecule has 1 aromatic carbocycles. The minimum Gasteiger partial charge on any atom is -0.346 e. The molecule has 5 heterocycles. The van der Waals surface area contributed by atoms with E-state index in [1.807, 2.05) is 42.9 Å². The van der Waals surface area contributed by atoms with Crippen molar-refractivity contribution in [3.05, 3.63) is 84.9 Å². The van der Waals surface area contributed by atoms with Crippen molar-refractivity contribution in [2.45, 2.75) is 6.54 Å². The predicted octanol–water partition coefficient (Wildman–Crippen LogP) is 4.50. The summed E-state index contributed by atoms with van der Waals surface area (Å²) in [6, 6.07) is 18.7. The van der Waals surface area contributed by atoms with Gasteiger partial charge in [0.2, 0.25) is 0 Å². The molecule has 5 aromatic rings. The fourth-order valence-corrected chi connectivity index (χ4v) is 4.61. The summed E-state index contributed by atoms with van der Waals surface area (Å²) in [7, 11) is 2.19. The Kier molecular flexibility index (Phi) is 5.78. The molecule has 7 heteroatoms. The summed E-state index contributed by atoms with van der Waals surface area (Å²) in [5, 5.41) is 0.965. The molecule has 6 rings (SSSR count). The number of nitrogens with zero attached hydrogens (tertiary/aromatic N) is 6. The number of hydrogen-bond acceptors (Lipinski definition) is 6. The lowest BCUT2D eigenvalue weighted by Gasteiger charge is -2.32. The van der Waals surface area contributed by atoms with Crippen LogP contribution in [-0.2, 0) is 6.54 Å². The first-order valence-corrected chi connectivity index (χ1v) is 11.9. The van der Waals surface area contributed by atoms with Crippen LogP contribution in [0.2, 0.25) is 0 Å². The quantitative estimate of drug-likeness (QED) is 0.416. The van der Waals surface area contributed by atoms with E-state index in [1.54, 1.807) is 6.20 Å². The number of likely N-dealkylation sites (N-methyl/N-ethyl adjacent to an activating group) is 1. The lowest BCUT2D eigenvalue weighted by molar-refractivity contribution is 0.148. The first-order chi connectivity index (χ1) is 17.2. The maximum absolute atomic E-state index is 4.91. The van der Waals surface area contributed by atoms with Gasteiger partial charge in [-0.2, -0.15) is 0 Å². The molecule has 35 heavy (non-hydrogen) atoms. The van der Waals surface area contributed by atoms with Gasteiger partial charge in [0.25, 0.3) is 0 Å². The zero-order valence-corrected chi connectivity index (χ0v) is 19.7. The van der Waals surface area contributed by atoms with Gasteiger partial charge >= 0.3 is 0 Å². The van der Waals surface area contributed by atoms with Gasteiger partial charge in [0.1, 0.15) is 11.3 Å². The molecule has 0 saturated carbocycles. The van der Waals surface area contributed by atoms with E-state index in [0.29, 0.717) is 5.82 Å². The Hall–Kier alpha value is -3.94. The van der Waals surface area contributed by atoms with Gasteiger partial charge in [-0.1, -0.05) is 24.3 Å². The molecule has 7 nitrogen and oxygen atoms in total. The molecule has 1 aliphatic rings. The Morgan fingerprint density at radius 3 is 2.60 bits per heavy atom. The fourth-order valence-electron chi connectivity index (χ4n) is 4.61. The third-order valence-corrected chi connectivity index (χ3v) is 6.58. The molecule has 1 saturated heterocycles. The van der Waals surface area contributed by atoms with E-state index in [1.165, 1.54) is 5.56 Å². The average Bonchev–Trinajstić information content (AvgIpc) is 3.39. The van der Waals surface area contributed by atoms with E-state index in [2.05, 4.69) is 67.1 Å². The first kappa shape index (κ1) is 21.6. The molecule has 0 bridgehead atoms. The third-order valence-electron chi connectivity index (χ3n) is 6.58. The van der Waals surface area contributed by atoms with Crippen LogP contribution >= 0.6 is 0 Å². The topological polar surface area (TPSA) is 73.8 Å². The lowest BCUT2D eigenvalue weighted by Crippen LogP contribution is -2.43. The van der Waals surface area contributed by atoms with E-state index in [4.69, 9.17) is 4.98 Å². The highest BCUT2D eigenvalue weighted by atomic mass is 15.2. The monoisotopic (exact) mass is 461 g/mol. The molecule has 1 fully saturated rings. The molecule has 0 atom stereocenters. The molecule has 0 aliphatic carbocycles. The highest BCUT2D eigenvalue weighted by Crippen LogP contribution is 2.30. The summed E-state index contributed by atoms with van der Waals surface area (Å²) in [6.45, 7) is 5.43. The van der Waals surface area contributed by atoms with Crippen LogP contribution in [0.1, 0.15) is 5.56 Å². The van der Waals surface area contributed by atoms with Crippen LogP contribution < -0.4 is 0 Å². The Balaban J connectivity index is 1.34. The highest BCUT2D eigenvalue weighted by molar-refractivity contribution is 5.92. The van der Waals surface area contributed by atoms with E-state index in [9.17, 15) is 0 Å². The van der Waals surface area contributed by atoms with Gasteiger partial charge in [0.05, 0.1) is 5.69 Å². The summed E-state index contributed by atoms with van der Waals surface area (Å²) in [5.74, 6) is 0.593. The second-order valence-corrected chi connectivity index (χ2v) is 9.09. The van der Waals surface area contributed by atoms with Crippen molar-refractivity contribution in [1.29, 1.82) is 0 Å². The number of hydrogen-bond donors (Lipinski definition) is 1. The van der Waals surface area contributed by atoms with Crippen molar-refractivity contribution in [2.75, 3.05) is 33.2 Å². The number of aromatic nitrogens is 5. The van der Waals surface area contributed by atoms with Gasteiger partial charge in [-0.05, 0) is 48.5 Å². The van der Waals surface area contributed by atoms with Crippen LogP contribution in [0, 0.1) is 0 Å². The lowest BCUT2D eigenvalue weighted by atomic mass is 10.0. The molecular weight excluding hydrogens is 434 g/mol. The Labute approximate surface area is 204 Å². The fraction of sp³-hybridized carbons (Fsp3) is 0.214. The predicted molar refractivity (Wildman–Crippen MR) is 139 cm³/mol. The largest absolute Gasteiger partial charge is 0.346 e. The molecule has 0 amide bonds. The molecule has 0 radical (unpaired) electrons. The van der Waals surface area contributed by atoms with Crippen molar-refractivity contribution in [3.8, 4) is 33.9 Å². The van der Waals surface area contributed by atoms with Crippen LogP contribution in [0.4, 0.5) is 0 Å². The minimum atomic E-state index is 0.593. The van der Waals surface area contributed by atoms with Crippen LogP contribution in [0.15, 0.2) is 79.4 Å². The maximum Gasteiger partial charge on any atom is 0.180 e. The van der Waals surface area contributed by atoms with E-state index in [-0.39, 0.29) is 0 Å². The second kappa shape index (κ2) is 9.37. The minimum absolute atomic E-state index is 0.593. The van der Waals surface area contributed by atoms with Crippen LogP contribution in [-0.4, -0.2) is 67.9 Å². The van der Waals surface area contributed by atoms with Crippen molar-refractivity contribution in [2.24, 2.45) is 0 Å². The molecule has 1 N–H and O–H groups in total. The highest BCUT2D eigenvalue weighted by Gasteiger charge is 2.16. The van der Waals surface area contributed by atoms with Crippen molar-refractivity contribution < 1.29 is 0 Å². The number of nitrogens with one attached hydrogen (secondary N) is 1.